The third kappa shape index (κ3) is 13.5. The molecule has 0 fully saturated rings. The number of carbonyl (C=O) groups excluding carboxylic acids is 1. The number of anilines is 2. The summed E-state index contributed by atoms with van der Waals surface area (Å²) in [7, 11) is -0.482. The summed E-state index contributed by atoms with van der Waals surface area (Å²) in [5.74, 6) is 5.02. The highest BCUT2D eigenvalue weighted by molar-refractivity contribution is 7.85. The second kappa shape index (κ2) is 20.6. The minimum absolute atomic E-state index is 0.0209. The third-order valence-electron chi connectivity index (χ3n) is 8.67. The Balaban J connectivity index is 1.39. The van der Waals surface area contributed by atoms with Gasteiger partial charge in [0.1, 0.15) is 6.73 Å². The predicted molar refractivity (Wildman–Crippen MR) is 233 cm³/mol. The molecule has 0 saturated carbocycles. The van der Waals surface area contributed by atoms with Crippen molar-refractivity contribution in [3.8, 4) is 17.6 Å². The number of esters is 1. The Kier molecular flexibility index (Phi) is 15.9. The van der Waals surface area contributed by atoms with Crippen LogP contribution in [0, 0.1) is 24.6 Å². The Morgan fingerprint density at radius 3 is 2.54 bits per heavy atom. The maximum atomic E-state index is 14.8. The Labute approximate surface area is 353 Å². The van der Waals surface area contributed by atoms with Crippen molar-refractivity contribution in [2.24, 2.45) is 4.99 Å². The Hall–Kier alpha value is -4.55. The summed E-state index contributed by atoms with van der Waals surface area (Å²) in [6.07, 6.45) is 0.776. The van der Waals surface area contributed by atoms with Gasteiger partial charge in [-0.25, -0.2) is 14.2 Å². The number of ether oxygens (including phenoxy) is 3. The quantitative estimate of drug-likeness (QED) is 0.0296. The fourth-order valence-electron chi connectivity index (χ4n) is 5.57. The molecule has 0 bridgehead atoms. The molecule has 14 nitrogen and oxygen atoms in total. The van der Waals surface area contributed by atoms with Gasteiger partial charge in [0.05, 0.1) is 36.2 Å². The zero-order chi connectivity index (χ0) is 42.7. The van der Waals surface area contributed by atoms with Crippen LogP contribution < -0.4 is 14.4 Å². The number of methoxy groups -OCH3 is 1. The fourth-order valence-corrected chi connectivity index (χ4v) is 8.96. The smallest absolute Gasteiger partial charge is 0.357 e. The number of para-hydroxylation sites is 1. The van der Waals surface area contributed by atoms with E-state index in [4.69, 9.17) is 19.2 Å². The maximum Gasteiger partial charge on any atom is 0.357 e. The number of carbonyl (C=O) groups is 1. The number of nitrogens with zero attached hydrogens (tertiary/aromatic N) is 7. The fraction of sp³-hybridized carbons (Fsp3) is 0.425. The van der Waals surface area contributed by atoms with Crippen molar-refractivity contribution in [3.05, 3.63) is 80.8 Å². The standard InChI is InChI=1S/C40H50FN7O7S3Si/c1-28-25-35(44-45-37(28)43-40-48(27-54-22-24-59(5,6)7)31-14-8-9-15-33(31)56-40)47(20-12-23-58(50,51)52)39-42-36(38(49)53-4)34(57-39)16-11-21-55-32-18-17-29(26-30(32)41)13-10-19-46(2)3/h8-9,14-15,17-18,25-26H,11-12,16,19-24,27H2,1-7H3,(H,50,51,52). The van der Waals surface area contributed by atoms with E-state index in [0.29, 0.717) is 70.3 Å². The molecule has 5 aromatic rings. The number of hydrogen-bond donors (Lipinski definition) is 1. The molecule has 0 unspecified atom stereocenters. The van der Waals surface area contributed by atoms with Gasteiger partial charge in [0.2, 0.25) is 0 Å². The average molecular weight is 884 g/mol. The molecule has 0 atom stereocenters. The molecule has 0 amide bonds. The van der Waals surface area contributed by atoms with E-state index in [0.717, 1.165) is 16.3 Å². The molecular weight excluding hydrogens is 834 g/mol. The van der Waals surface area contributed by atoms with Crippen LogP contribution in [0.3, 0.4) is 0 Å². The first-order valence-corrected chi connectivity index (χ1v) is 25.9. The average Bonchev–Trinajstić information content (AvgIpc) is 3.75. The van der Waals surface area contributed by atoms with Crippen LogP contribution in [-0.4, -0.2) is 105 Å². The normalized spacial score (nSPS) is 12.2. The van der Waals surface area contributed by atoms with Gasteiger partial charge >= 0.3 is 5.97 Å². The number of halogens is 1. The summed E-state index contributed by atoms with van der Waals surface area (Å²) in [6, 6.07) is 15.4. The molecule has 0 aliphatic rings. The number of benzene rings is 2. The summed E-state index contributed by atoms with van der Waals surface area (Å²) in [5, 5.41) is 9.31. The van der Waals surface area contributed by atoms with E-state index in [2.05, 4.69) is 46.7 Å². The maximum absolute atomic E-state index is 14.8. The first-order valence-electron chi connectivity index (χ1n) is 18.9. The number of aryl methyl sites for hydroxylation is 2. The van der Waals surface area contributed by atoms with Gasteiger partial charge in [-0.1, -0.05) is 55.0 Å². The molecule has 316 valence electrons. The van der Waals surface area contributed by atoms with E-state index < -0.39 is 35.7 Å². The van der Waals surface area contributed by atoms with Gasteiger partial charge < -0.3 is 19.1 Å². The summed E-state index contributed by atoms with van der Waals surface area (Å²) < 4.78 is 67.6. The molecular formula is C40H50FN7O7S3Si. The number of fused-ring (bicyclic) bond motifs is 1. The number of hydrogen-bond acceptors (Lipinski definition) is 14. The molecule has 0 radical (unpaired) electrons. The van der Waals surface area contributed by atoms with Gasteiger partial charge in [-0.3, -0.25) is 14.0 Å². The molecule has 2 aromatic carbocycles. The minimum atomic E-state index is -4.26. The van der Waals surface area contributed by atoms with Crippen LogP contribution >= 0.6 is 22.7 Å². The number of rotatable bonds is 19. The van der Waals surface area contributed by atoms with Crippen LogP contribution in [0.2, 0.25) is 25.7 Å². The highest BCUT2D eigenvalue weighted by Gasteiger charge is 2.25. The number of aromatic nitrogens is 4. The molecule has 3 aromatic heterocycles. The lowest BCUT2D eigenvalue weighted by atomic mass is 10.2. The first-order chi connectivity index (χ1) is 28.0. The molecule has 3 heterocycles. The lowest BCUT2D eigenvalue weighted by Gasteiger charge is -2.20. The molecule has 0 saturated heterocycles. The second-order valence-corrected chi connectivity index (χ2v) is 24.4. The zero-order valence-electron chi connectivity index (χ0n) is 34.3. The van der Waals surface area contributed by atoms with Crippen LogP contribution in [-0.2, 0) is 32.7 Å². The summed E-state index contributed by atoms with van der Waals surface area (Å²) in [5.41, 5.74) is 2.30. The van der Waals surface area contributed by atoms with Crippen LogP contribution in [0.25, 0.3) is 10.2 Å². The van der Waals surface area contributed by atoms with Gasteiger partial charge in [0.25, 0.3) is 10.1 Å². The highest BCUT2D eigenvalue weighted by atomic mass is 32.2. The minimum Gasteiger partial charge on any atom is -0.491 e. The van der Waals surface area contributed by atoms with Gasteiger partial charge in [-0.15, -0.1) is 21.5 Å². The van der Waals surface area contributed by atoms with Crippen molar-refractivity contribution < 1.29 is 36.4 Å². The molecule has 1 N–H and O–H groups in total. The highest BCUT2D eigenvalue weighted by Crippen LogP contribution is 2.34. The largest absolute Gasteiger partial charge is 0.491 e. The molecule has 0 spiro atoms. The van der Waals surface area contributed by atoms with Crippen molar-refractivity contribution in [3.63, 3.8) is 0 Å². The van der Waals surface area contributed by atoms with Crippen LogP contribution in [0.1, 0.15) is 39.3 Å². The first kappa shape index (κ1) is 45.5. The molecule has 0 aliphatic heterocycles. The van der Waals surface area contributed by atoms with Crippen LogP contribution in [0.15, 0.2) is 53.5 Å². The van der Waals surface area contributed by atoms with E-state index in [-0.39, 0.29) is 31.0 Å². The van der Waals surface area contributed by atoms with Crippen molar-refractivity contribution >= 4 is 73.8 Å². The van der Waals surface area contributed by atoms with E-state index >= 15 is 0 Å². The van der Waals surface area contributed by atoms with Gasteiger partial charge in [0, 0.05) is 31.7 Å². The van der Waals surface area contributed by atoms with Crippen molar-refractivity contribution in [2.45, 2.75) is 58.6 Å². The SMILES string of the molecule is COC(=O)c1nc(N(CCCS(=O)(=O)O)c2cc(C)c(N=c3sc4ccccc4n3COCC[Si](C)(C)C)nn2)sc1CCCOc1ccc(C#CCN(C)C)cc1F. The Morgan fingerprint density at radius 1 is 1.07 bits per heavy atom. The lowest BCUT2D eigenvalue weighted by molar-refractivity contribution is 0.0593. The van der Waals surface area contributed by atoms with Gasteiger partial charge in [0.15, 0.2) is 38.8 Å². The Morgan fingerprint density at radius 2 is 1.85 bits per heavy atom. The van der Waals surface area contributed by atoms with Crippen LogP contribution in [0.5, 0.6) is 5.75 Å². The monoisotopic (exact) mass is 883 g/mol. The second-order valence-electron chi connectivity index (χ2n) is 15.1. The number of thiazole rings is 2. The summed E-state index contributed by atoms with van der Waals surface area (Å²) >= 11 is 2.71. The predicted octanol–water partition coefficient (Wildman–Crippen LogP) is 7.07. The summed E-state index contributed by atoms with van der Waals surface area (Å²) in [4.78, 5) is 27.3. The van der Waals surface area contributed by atoms with Gasteiger partial charge in [-0.2, -0.15) is 13.4 Å². The van der Waals surface area contributed by atoms with E-state index in [1.54, 1.807) is 17.0 Å². The molecule has 5 rings (SSSR count). The van der Waals surface area contributed by atoms with Crippen molar-refractivity contribution in [2.75, 3.05) is 58.2 Å². The van der Waals surface area contributed by atoms with Crippen molar-refractivity contribution in [1.29, 1.82) is 0 Å². The molecule has 0 aliphatic carbocycles. The van der Waals surface area contributed by atoms with Gasteiger partial charge in [-0.05, 0) is 88.3 Å². The zero-order valence-corrected chi connectivity index (χ0v) is 37.8. The van der Waals surface area contributed by atoms with E-state index in [1.807, 2.05) is 54.8 Å². The Bertz CT molecular complexity index is 2490. The summed E-state index contributed by atoms with van der Waals surface area (Å²) in [6.45, 7) is 10.5. The third-order valence-corrected chi connectivity index (χ3v) is 13.4. The molecule has 19 heteroatoms. The van der Waals surface area contributed by atoms with Crippen LogP contribution in [0.4, 0.5) is 21.2 Å². The topological polar surface area (TPSA) is 162 Å². The molecule has 59 heavy (non-hydrogen) atoms. The van der Waals surface area contributed by atoms with E-state index in [9.17, 15) is 22.2 Å². The van der Waals surface area contributed by atoms with E-state index in [1.165, 1.54) is 41.9 Å². The van der Waals surface area contributed by atoms with Crippen molar-refractivity contribution in [1.82, 2.24) is 24.6 Å². The lowest BCUT2D eigenvalue weighted by Crippen LogP contribution is -2.23.